The molecule has 0 spiro atoms. The van der Waals surface area contributed by atoms with E-state index in [-0.39, 0.29) is 11.9 Å². The lowest BCUT2D eigenvalue weighted by atomic mass is 10.1. The van der Waals surface area contributed by atoms with Gasteiger partial charge in [0.2, 0.25) is 0 Å². The minimum atomic E-state index is -0.125. The van der Waals surface area contributed by atoms with Crippen LogP contribution < -0.4 is 15.5 Å². The second-order valence-electron chi connectivity index (χ2n) is 9.25. The molecule has 188 valence electrons. The molecule has 5 rings (SSSR count). The van der Waals surface area contributed by atoms with Crippen molar-refractivity contribution in [3.05, 3.63) is 102 Å². The largest absolute Gasteiger partial charge is 0.378 e. The summed E-state index contributed by atoms with van der Waals surface area (Å²) in [6, 6.07) is 23.8. The summed E-state index contributed by atoms with van der Waals surface area (Å²) in [5.41, 5.74) is 6.49. The van der Waals surface area contributed by atoms with Gasteiger partial charge in [0.05, 0.1) is 37.3 Å². The van der Waals surface area contributed by atoms with Crippen LogP contribution in [0.25, 0.3) is 11.3 Å². The summed E-state index contributed by atoms with van der Waals surface area (Å²) >= 11 is 0. The molecular weight excluding hydrogens is 462 g/mol. The number of rotatable bonds is 7. The molecule has 37 heavy (non-hydrogen) atoms. The number of ether oxygens (including phenoxy) is 1. The topological polar surface area (TPSA) is 79.4 Å². The van der Waals surface area contributed by atoms with Crippen molar-refractivity contribution in [2.45, 2.75) is 19.9 Å². The maximum Gasteiger partial charge on any atom is 0.255 e. The first-order chi connectivity index (χ1) is 18.0. The molecule has 1 saturated heterocycles. The van der Waals surface area contributed by atoms with Crippen LogP contribution in [0.3, 0.4) is 0 Å². The van der Waals surface area contributed by atoms with Crippen LogP contribution in [0, 0.1) is 6.92 Å². The van der Waals surface area contributed by atoms with E-state index in [4.69, 9.17) is 9.72 Å². The van der Waals surface area contributed by atoms with Gasteiger partial charge in [-0.2, -0.15) is 0 Å². The summed E-state index contributed by atoms with van der Waals surface area (Å²) in [6.07, 6.45) is 3.51. The predicted molar refractivity (Wildman–Crippen MR) is 148 cm³/mol. The van der Waals surface area contributed by atoms with Gasteiger partial charge in [-0.25, -0.2) is 4.98 Å². The van der Waals surface area contributed by atoms with Crippen molar-refractivity contribution in [3.8, 4) is 11.3 Å². The summed E-state index contributed by atoms with van der Waals surface area (Å²) < 4.78 is 5.45. The quantitative estimate of drug-likeness (QED) is 0.343. The maximum absolute atomic E-state index is 12.7. The number of nitrogens with one attached hydrogen (secondary N) is 2. The van der Waals surface area contributed by atoms with Crippen LogP contribution in [0.15, 0.2) is 85.2 Å². The Morgan fingerprint density at radius 3 is 2.54 bits per heavy atom. The van der Waals surface area contributed by atoms with Gasteiger partial charge in [-0.1, -0.05) is 42.0 Å². The van der Waals surface area contributed by atoms with E-state index in [1.807, 2.05) is 55.5 Å². The lowest BCUT2D eigenvalue weighted by Crippen LogP contribution is -2.36. The Morgan fingerprint density at radius 2 is 1.76 bits per heavy atom. The van der Waals surface area contributed by atoms with Crippen LogP contribution in [-0.4, -0.2) is 42.2 Å². The smallest absolute Gasteiger partial charge is 0.255 e. The van der Waals surface area contributed by atoms with E-state index in [2.05, 4.69) is 51.7 Å². The van der Waals surface area contributed by atoms with Crippen molar-refractivity contribution in [1.82, 2.24) is 9.97 Å². The zero-order valence-electron chi connectivity index (χ0n) is 21.1. The highest BCUT2D eigenvalue weighted by molar-refractivity contribution is 6.04. The minimum Gasteiger partial charge on any atom is -0.378 e. The van der Waals surface area contributed by atoms with Gasteiger partial charge >= 0.3 is 0 Å². The van der Waals surface area contributed by atoms with Gasteiger partial charge in [0, 0.05) is 35.6 Å². The molecule has 0 aliphatic carbocycles. The third kappa shape index (κ3) is 6.13. The Kier molecular flexibility index (Phi) is 7.42. The second-order valence-corrected chi connectivity index (χ2v) is 9.25. The Balaban J connectivity index is 1.25. The van der Waals surface area contributed by atoms with E-state index in [1.165, 1.54) is 5.69 Å². The Morgan fingerprint density at radius 1 is 0.973 bits per heavy atom. The zero-order chi connectivity index (χ0) is 25.6. The summed E-state index contributed by atoms with van der Waals surface area (Å²) in [4.78, 5) is 24.2. The Hall–Kier alpha value is -4.23. The number of aromatic nitrogens is 2. The third-order valence-electron chi connectivity index (χ3n) is 6.46. The number of hydrogen-bond acceptors (Lipinski definition) is 6. The van der Waals surface area contributed by atoms with Crippen LogP contribution in [0.4, 0.5) is 17.2 Å². The molecule has 2 N–H and O–H groups in total. The van der Waals surface area contributed by atoms with E-state index in [9.17, 15) is 4.79 Å². The average molecular weight is 494 g/mol. The molecule has 1 fully saturated rings. The number of anilines is 3. The van der Waals surface area contributed by atoms with Crippen molar-refractivity contribution in [3.63, 3.8) is 0 Å². The van der Waals surface area contributed by atoms with Crippen molar-refractivity contribution in [2.75, 3.05) is 41.8 Å². The van der Waals surface area contributed by atoms with Gasteiger partial charge in [-0.05, 0) is 55.8 Å². The van der Waals surface area contributed by atoms with Crippen molar-refractivity contribution < 1.29 is 9.53 Å². The number of nitrogens with zero attached hydrogens (tertiary/aromatic N) is 3. The Bertz CT molecular complexity index is 1370. The number of amides is 1. The van der Waals surface area contributed by atoms with Gasteiger partial charge in [0.25, 0.3) is 5.91 Å². The first-order valence-electron chi connectivity index (χ1n) is 12.5. The molecule has 1 aliphatic heterocycles. The fraction of sp³-hybridized carbons (Fsp3) is 0.233. The van der Waals surface area contributed by atoms with Crippen LogP contribution in [0.1, 0.15) is 34.5 Å². The number of carbonyl (C=O) groups excluding carboxylic acids is 1. The zero-order valence-corrected chi connectivity index (χ0v) is 21.1. The minimum absolute atomic E-state index is 0.0379. The summed E-state index contributed by atoms with van der Waals surface area (Å²) in [5.74, 6) is 0.566. The van der Waals surface area contributed by atoms with Crippen LogP contribution in [-0.2, 0) is 4.74 Å². The molecule has 1 atom stereocenters. The molecule has 1 aromatic heterocycles. The number of carbonyl (C=O) groups is 1. The summed E-state index contributed by atoms with van der Waals surface area (Å²) in [6.45, 7) is 7.39. The van der Waals surface area contributed by atoms with Crippen LogP contribution in [0.2, 0.25) is 0 Å². The van der Waals surface area contributed by atoms with Gasteiger partial charge in [-0.3, -0.25) is 9.78 Å². The van der Waals surface area contributed by atoms with Gasteiger partial charge in [0.15, 0.2) is 0 Å². The second kappa shape index (κ2) is 11.2. The average Bonchev–Trinajstić information content (AvgIpc) is 2.94. The van der Waals surface area contributed by atoms with Crippen LogP contribution in [0.5, 0.6) is 0 Å². The molecule has 3 aromatic carbocycles. The number of morpholine rings is 1. The van der Waals surface area contributed by atoms with E-state index < -0.39 is 0 Å². The first kappa shape index (κ1) is 24.5. The fourth-order valence-corrected chi connectivity index (χ4v) is 4.42. The van der Waals surface area contributed by atoms with Gasteiger partial charge in [-0.15, -0.1) is 0 Å². The predicted octanol–water partition coefficient (Wildman–Crippen LogP) is 5.71. The van der Waals surface area contributed by atoms with Crippen LogP contribution >= 0.6 is 0 Å². The number of aryl methyl sites for hydroxylation is 1. The highest BCUT2D eigenvalue weighted by Gasteiger charge is 2.13. The maximum atomic E-state index is 12.7. The highest BCUT2D eigenvalue weighted by atomic mass is 16.5. The lowest BCUT2D eigenvalue weighted by molar-refractivity contribution is 0.102. The number of hydrogen-bond donors (Lipinski definition) is 2. The SMILES string of the molecule is Cc1cccc(C(=O)Nc2cccc(C(C)Nc3cncc(-c4ccc(N5CCOCC5)cc4)n3)c2)c1. The molecule has 1 unspecified atom stereocenters. The summed E-state index contributed by atoms with van der Waals surface area (Å²) in [5, 5.41) is 6.44. The van der Waals surface area contributed by atoms with E-state index in [1.54, 1.807) is 12.4 Å². The molecular formula is C30H31N5O2. The molecule has 2 heterocycles. The molecule has 0 radical (unpaired) electrons. The van der Waals surface area contributed by atoms with Gasteiger partial charge < -0.3 is 20.3 Å². The molecule has 4 aromatic rings. The third-order valence-corrected chi connectivity index (χ3v) is 6.46. The normalized spacial score (nSPS) is 14.2. The fourth-order valence-electron chi connectivity index (χ4n) is 4.42. The lowest BCUT2D eigenvalue weighted by Gasteiger charge is -2.28. The molecule has 1 amide bonds. The molecule has 7 heteroatoms. The van der Waals surface area contributed by atoms with Gasteiger partial charge in [0.1, 0.15) is 5.82 Å². The summed E-state index contributed by atoms with van der Waals surface area (Å²) in [7, 11) is 0. The van der Waals surface area contributed by atoms with Crippen molar-refractivity contribution in [2.24, 2.45) is 0 Å². The highest BCUT2D eigenvalue weighted by Crippen LogP contribution is 2.25. The molecule has 0 bridgehead atoms. The van der Waals surface area contributed by atoms with Crippen molar-refractivity contribution in [1.29, 1.82) is 0 Å². The first-order valence-corrected chi connectivity index (χ1v) is 12.5. The van der Waals surface area contributed by atoms with E-state index in [0.29, 0.717) is 11.4 Å². The number of benzene rings is 3. The van der Waals surface area contributed by atoms with E-state index >= 15 is 0 Å². The molecule has 0 saturated carbocycles. The van der Waals surface area contributed by atoms with E-state index in [0.717, 1.165) is 54.4 Å². The molecule has 1 aliphatic rings. The Labute approximate surface area is 217 Å². The standard InChI is InChI=1S/C30H31N5O2/c1-21-5-3-7-25(17-21)30(36)33-26-8-4-6-24(18-26)22(2)32-29-20-31-19-28(34-29)23-9-11-27(12-10-23)35-13-15-37-16-14-35/h3-12,17-20,22H,13-16H2,1-2H3,(H,32,34)(H,33,36). The van der Waals surface area contributed by atoms with Crippen molar-refractivity contribution >= 4 is 23.1 Å². The monoisotopic (exact) mass is 493 g/mol. The molecule has 7 nitrogen and oxygen atoms in total.